The zero-order valence-corrected chi connectivity index (χ0v) is 19.6. The molecule has 0 aliphatic carbocycles. The zero-order valence-electron chi connectivity index (χ0n) is 18.0. The molecule has 0 radical (unpaired) electrons. The van der Waals surface area contributed by atoms with Crippen molar-refractivity contribution in [2.24, 2.45) is 5.92 Å². The van der Waals surface area contributed by atoms with Gasteiger partial charge in [0.15, 0.2) is 12.2 Å². The van der Waals surface area contributed by atoms with Crippen LogP contribution in [0.15, 0.2) is 33.6 Å². The first-order valence-electron chi connectivity index (χ1n) is 9.55. The summed E-state index contributed by atoms with van der Waals surface area (Å²) in [5.41, 5.74) is 0.391. The van der Waals surface area contributed by atoms with Gasteiger partial charge in [0.2, 0.25) is 5.91 Å². The number of benzene rings is 1. The van der Waals surface area contributed by atoms with E-state index in [1.54, 1.807) is 39.1 Å². The maximum atomic E-state index is 13.2. The molecular formula is C21H28BrN3O5. The maximum Gasteiger partial charge on any atom is 0.408 e. The number of hydrogen-bond donors (Lipinski definition) is 2. The number of nitrogens with one attached hydrogen (secondary N) is 1. The van der Waals surface area contributed by atoms with E-state index < -0.39 is 23.6 Å². The predicted octanol–water partition coefficient (Wildman–Crippen LogP) is 5.24. The van der Waals surface area contributed by atoms with Crippen molar-refractivity contribution in [1.29, 1.82) is 0 Å². The number of aromatic nitrogens is 1. The van der Waals surface area contributed by atoms with Crippen LogP contribution in [0, 0.1) is 5.92 Å². The number of hydrogen-bond acceptors (Lipinski definition) is 5. The van der Waals surface area contributed by atoms with Crippen molar-refractivity contribution in [3.8, 4) is 17.1 Å². The van der Waals surface area contributed by atoms with Gasteiger partial charge in [-0.05, 0) is 55.1 Å². The van der Waals surface area contributed by atoms with Crippen LogP contribution in [-0.2, 0) is 4.79 Å². The molecule has 1 aromatic carbocycles. The van der Waals surface area contributed by atoms with Crippen molar-refractivity contribution in [3.05, 3.63) is 29.2 Å². The largest absolute Gasteiger partial charge is 0.496 e. The Hall–Kier alpha value is -2.55. The third kappa shape index (κ3) is 5.53. The normalized spacial score (nSPS) is 12.5. The number of nitrogens with zero attached hydrogens (tertiary/aromatic N) is 2. The van der Waals surface area contributed by atoms with Gasteiger partial charge < -0.3 is 19.6 Å². The molecule has 0 saturated carbocycles. The summed E-state index contributed by atoms with van der Waals surface area (Å²) in [6, 6.07) is 2.56. The van der Waals surface area contributed by atoms with E-state index in [1.165, 1.54) is 18.4 Å². The first-order chi connectivity index (χ1) is 14.0. The van der Waals surface area contributed by atoms with Gasteiger partial charge in [-0.3, -0.25) is 9.69 Å². The quantitative estimate of drug-likeness (QED) is 0.559. The van der Waals surface area contributed by atoms with Crippen molar-refractivity contribution in [2.45, 2.75) is 52.6 Å². The highest BCUT2D eigenvalue weighted by molar-refractivity contribution is 9.10. The van der Waals surface area contributed by atoms with Crippen LogP contribution in [0.3, 0.4) is 0 Å². The van der Waals surface area contributed by atoms with Gasteiger partial charge >= 0.3 is 6.09 Å². The topological polar surface area (TPSA) is 105 Å². The summed E-state index contributed by atoms with van der Waals surface area (Å²) in [6.45, 7) is 9.22. The molecule has 1 unspecified atom stereocenters. The molecule has 1 atom stereocenters. The lowest BCUT2D eigenvalue weighted by Crippen LogP contribution is -2.56. The number of oxazole rings is 1. The third-order valence-corrected chi connectivity index (χ3v) is 5.14. The van der Waals surface area contributed by atoms with E-state index in [4.69, 9.17) is 9.15 Å². The standard InChI is InChI=1S/C21H28BrN3O5/c1-12(2)7-16(25(20(27)28)21(3,4)5)19(26)24-15-9-17(29-6)13(8-14(15)22)18-10-23-11-30-18/h8-12,16H,7H2,1-6H3,(H,24,26)(H,27,28). The highest BCUT2D eigenvalue weighted by Gasteiger charge is 2.38. The molecule has 0 bridgehead atoms. The second kappa shape index (κ2) is 9.51. The van der Waals surface area contributed by atoms with Gasteiger partial charge in [0.25, 0.3) is 0 Å². The Morgan fingerprint density at radius 3 is 2.47 bits per heavy atom. The minimum Gasteiger partial charge on any atom is -0.496 e. The summed E-state index contributed by atoms with van der Waals surface area (Å²) in [5.74, 6) is 0.720. The molecule has 30 heavy (non-hydrogen) atoms. The Labute approximate surface area is 184 Å². The van der Waals surface area contributed by atoms with Crippen molar-refractivity contribution < 1.29 is 23.8 Å². The van der Waals surface area contributed by atoms with E-state index in [2.05, 4.69) is 26.2 Å². The van der Waals surface area contributed by atoms with E-state index in [-0.39, 0.29) is 5.92 Å². The SMILES string of the molecule is COc1cc(NC(=O)C(CC(C)C)N(C(=O)O)C(C)(C)C)c(Br)cc1-c1cnco1. The van der Waals surface area contributed by atoms with Crippen molar-refractivity contribution >= 4 is 33.6 Å². The molecule has 0 spiro atoms. The summed E-state index contributed by atoms with van der Waals surface area (Å²) in [6.07, 6.45) is 2.14. The maximum absolute atomic E-state index is 13.2. The molecule has 164 valence electrons. The Bertz CT molecular complexity index is 891. The fourth-order valence-corrected chi connectivity index (χ4v) is 3.68. The molecule has 1 heterocycles. The molecule has 2 aromatic rings. The molecular weight excluding hydrogens is 454 g/mol. The molecule has 0 aliphatic rings. The van der Waals surface area contributed by atoms with Gasteiger partial charge in [0.1, 0.15) is 11.8 Å². The average molecular weight is 482 g/mol. The van der Waals surface area contributed by atoms with Gasteiger partial charge in [0.05, 0.1) is 24.6 Å². The van der Waals surface area contributed by atoms with Crippen LogP contribution in [0.25, 0.3) is 11.3 Å². The molecule has 2 amide bonds. The summed E-state index contributed by atoms with van der Waals surface area (Å²) in [5, 5.41) is 12.6. The molecule has 0 saturated heterocycles. The van der Waals surface area contributed by atoms with Gasteiger partial charge in [0, 0.05) is 16.1 Å². The van der Waals surface area contributed by atoms with Crippen molar-refractivity contribution in [1.82, 2.24) is 9.88 Å². The zero-order chi connectivity index (χ0) is 22.6. The van der Waals surface area contributed by atoms with Crippen LogP contribution in [0.2, 0.25) is 0 Å². The number of methoxy groups -OCH3 is 1. The Morgan fingerprint density at radius 2 is 2.00 bits per heavy atom. The Morgan fingerprint density at radius 1 is 1.33 bits per heavy atom. The van der Waals surface area contributed by atoms with Crippen LogP contribution in [0.1, 0.15) is 41.0 Å². The number of carboxylic acid groups (broad SMARTS) is 1. The second-order valence-corrected chi connectivity index (χ2v) is 9.21. The fraction of sp³-hybridized carbons (Fsp3) is 0.476. The van der Waals surface area contributed by atoms with Crippen LogP contribution >= 0.6 is 15.9 Å². The van der Waals surface area contributed by atoms with E-state index in [1.807, 2.05) is 13.8 Å². The summed E-state index contributed by atoms with van der Waals surface area (Å²) < 4.78 is 11.4. The lowest BCUT2D eigenvalue weighted by molar-refractivity contribution is -0.123. The van der Waals surface area contributed by atoms with Crippen LogP contribution in [0.4, 0.5) is 10.5 Å². The lowest BCUT2D eigenvalue weighted by Gasteiger charge is -2.39. The summed E-state index contributed by atoms with van der Waals surface area (Å²) >= 11 is 3.47. The molecule has 0 aliphatic heterocycles. The molecule has 1 aromatic heterocycles. The van der Waals surface area contributed by atoms with Gasteiger partial charge in [-0.15, -0.1) is 0 Å². The molecule has 8 nitrogen and oxygen atoms in total. The molecule has 2 N–H and O–H groups in total. The smallest absolute Gasteiger partial charge is 0.408 e. The number of carbonyl (C=O) groups excluding carboxylic acids is 1. The number of anilines is 1. The number of halogens is 1. The van der Waals surface area contributed by atoms with Crippen LogP contribution in [-0.4, -0.2) is 45.7 Å². The highest BCUT2D eigenvalue weighted by atomic mass is 79.9. The first kappa shape index (κ1) is 23.7. The minimum absolute atomic E-state index is 0.122. The van der Waals surface area contributed by atoms with Gasteiger partial charge in [-0.2, -0.15) is 0 Å². The third-order valence-electron chi connectivity index (χ3n) is 4.48. The Balaban J connectivity index is 2.40. The number of amides is 2. The Kier molecular flexibility index (Phi) is 7.52. The van der Waals surface area contributed by atoms with E-state index >= 15 is 0 Å². The number of rotatable bonds is 7. The average Bonchev–Trinajstić information content (AvgIpc) is 3.15. The van der Waals surface area contributed by atoms with Crippen LogP contribution < -0.4 is 10.1 Å². The minimum atomic E-state index is -1.14. The van der Waals surface area contributed by atoms with Crippen molar-refractivity contribution in [3.63, 3.8) is 0 Å². The summed E-state index contributed by atoms with van der Waals surface area (Å²) in [4.78, 5) is 30.3. The fourth-order valence-electron chi connectivity index (χ4n) is 3.24. The molecule has 0 fully saturated rings. The summed E-state index contributed by atoms with van der Waals surface area (Å²) in [7, 11) is 1.52. The number of carbonyl (C=O) groups is 2. The predicted molar refractivity (Wildman–Crippen MR) is 118 cm³/mol. The molecule has 9 heteroatoms. The first-order valence-corrected chi connectivity index (χ1v) is 10.3. The lowest BCUT2D eigenvalue weighted by atomic mass is 9.96. The van der Waals surface area contributed by atoms with E-state index in [0.717, 1.165) is 0 Å². The second-order valence-electron chi connectivity index (χ2n) is 8.36. The van der Waals surface area contributed by atoms with Crippen molar-refractivity contribution in [2.75, 3.05) is 12.4 Å². The number of ether oxygens (including phenoxy) is 1. The monoisotopic (exact) mass is 481 g/mol. The van der Waals surface area contributed by atoms with E-state index in [9.17, 15) is 14.7 Å². The molecule has 2 rings (SSSR count). The van der Waals surface area contributed by atoms with E-state index in [0.29, 0.717) is 33.7 Å². The van der Waals surface area contributed by atoms with Gasteiger partial charge in [-0.1, -0.05) is 13.8 Å². The van der Waals surface area contributed by atoms with Gasteiger partial charge in [-0.25, -0.2) is 9.78 Å². The highest BCUT2D eigenvalue weighted by Crippen LogP contribution is 2.37. The van der Waals surface area contributed by atoms with Crippen LogP contribution in [0.5, 0.6) is 5.75 Å².